The van der Waals surface area contributed by atoms with E-state index in [1.165, 1.54) is 28.7 Å². The van der Waals surface area contributed by atoms with Crippen molar-refractivity contribution in [3.63, 3.8) is 0 Å². The zero-order valence-corrected chi connectivity index (χ0v) is 13.4. The normalized spacial score (nSPS) is 11.0. The van der Waals surface area contributed by atoms with E-state index >= 15 is 0 Å². The molecule has 4 nitrogen and oxygen atoms in total. The van der Waals surface area contributed by atoms with E-state index in [1.54, 1.807) is 0 Å². The van der Waals surface area contributed by atoms with Crippen LogP contribution >= 0.6 is 34.3 Å². The monoisotopic (exact) mass is 341 g/mol. The first-order valence-corrected chi connectivity index (χ1v) is 8.12. The van der Waals surface area contributed by atoms with Crippen LogP contribution in [0.3, 0.4) is 0 Å². The molecule has 0 aliphatic rings. The van der Waals surface area contributed by atoms with Crippen molar-refractivity contribution in [2.24, 2.45) is 0 Å². The molecule has 0 radical (unpaired) electrons. The first-order valence-electron chi connectivity index (χ1n) is 5.98. The van der Waals surface area contributed by atoms with Crippen molar-refractivity contribution in [3.8, 4) is 0 Å². The molecule has 0 aliphatic carbocycles. The summed E-state index contributed by atoms with van der Waals surface area (Å²) in [6, 6.07) is 1.81. The summed E-state index contributed by atoms with van der Waals surface area (Å²) in [5, 5.41) is 15.6. The molecule has 0 unspecified atom stereocenters. The molecule has 0 saturated heterocycles. The highest BCUT2D eigenvalue weighted by Crippen LogP contribution is 2.27. The van der Waals surface area contributed by atoms with Crippen molar-refractivity contribution in [2.45, 2.75) is 13.5 Å². The van der Waals surface area contributed by atoms with Crippen LogP contribution in [0.5, 0.6) is 0 Å². The fraction of sp³-hybridized carbons (Fsp3) is 0.143. The largest absolute Gasteiger partial charge is 0.478 e. The van der Waals surface area contributed by atoms with Crippen LogP contribution in [0.25, 0.3) is 6.08 Å². The van der Waals surface area contributed by atoms with Crippen LogP contribution in [0.4, 0.5) is 0 Å². The molecule has 2 aromatic heterocycles. The Morgan fingerprint density at radius 1 is 1.43 bits per heavy atom. The summed E-state index contributed by atoms with van der Waals surface area (Å²) in [5.74, 6) is -1.23. The molecule has 2 aromatic rings. The Balaban J connectivity index is 2.04. The minimum Gasteiger partial charge on any atom is -0.478 e. The third-order valence-corrected chi connectivity index (χ3v) is 5.33. The van der Waals surface area contributed by atoms with Crippen LogP contribution in [0.1, 0.15) is 25.7 Å². The number of carbonyl (C=O) groups is 2. The van der Waals surface area contributed by atoms with Crippen LogP contribution in [-0.4, -0.2) is 17.0 Å². The van der Waals surface area contributed by atoms with Gasteiger partial charge in [0.2, 0.25) is 0 Å². The molecule has 0 aliphatic heterocycles. The van der Waals surface area contributed by atoms with Crippen molar-refractivity contribution in [1.29, 1.82) is 0 Å². The van der Waals surface area contributed by atoms with Gasteiger partial charge in [-0.25, -0.2) is 4.79 Å². The van der Waals surface area contributed by atoms with Gasteiger partial charge in [0.05, 0.1) is 11.6 Å². The number of nitrogens with one attached hydrogen (secondary N) is 1. The summed E-state index contributed by atoms with van der Waals surface area (Å²) in [6.45, 7) is 2.19. The topological polar surface area (TPSA) is 66.4 Å². The van der Waals surface area contributed by atoms with E-state index in [9.17, 15) is 9.59 Å². The molecule has 2 rings (SSSR count). The molecule has 0 aromatic carbocycles. The second-order valence-corrected chi connectivity index (χ2v) is 6.47. The Bertz CT molecular complexity index is 703. The predicted molar refractivity (Wildman–Crippen MR) is 86.2 cm³/mol. The van der Waals surface area contributed by atoms with E-state index in [-0.39, 0.29) is 5.91 Å². The lowest BCUT2D eigenvalue weighted by molar-refractivity contribution is -0.131. The van der Waals surface area contributed by atoms with Gasteiger partial charge in [-0.3, -0.25) is 4.79 Å². The maximum Gasteiger partial charge on any atom is 0.328 e. The van der Waals surface area contributed by atoms with Crippen LogP contribution in [0, 0.1) is 6.92 Å². The maximum atomic E-state index is 12.1. The van der Waals surface area contributed by atoms with Gasteiger partial charge in [0.25, 0.3) is 5.91 Å². The standard InChI is InChI=1S/C14H12ClNO3S2/c1-8-7-21-13(12(8)15)14(19)16-6-10-9(4-5-20-10)2-3-11(17)18/h2-5,7H,6H2,1H3,(H,16,19)(H,17,18)/b3-2+. The number of aliphatic carboxylic acids is 1. The third-order valence-electron chi connectivity index (χ3n) is 2.70. The molecule has 2 N–H and O–H groups in total. The third kappa shape index (κ3) is 3.93. The fourth-order valence-electron chi connectivity index (χ4n) is 1.63. The molecule has 0 fully saturated rings. The Labute approximate surface area is 134 Å². The van der Waals surface area contributed by atoms with Gasteiger partial charge < -0.3 is 10.4 Å². The summed E-state index contributed by atoms with van der Waals surface area (Å²) in [5.41, 5.74) is 1.67. The van der Waals surface area contributed by atoms with Gasteiger partial charge in [0.1, 0.15) is 4.88 Å². The number of hydrogen-bond donors (Lipinski definition) is 2. The van der Waals surface area contributed by atoms with Crippen LogP contribution in [-0.2, 0) is 11.3 Å². The molecule has 0 atom stereocenters. The number of halogens is 1. The van der Waals surface area contributed by atoms with E-state index in [0.717, 1.165) is 22.1 Å². The Kier molecular flexibility index (Phi) is 5.17. The maximum absolute atomic E-state index is 12.1. The van der Waals surface area contributed by atoms with Gasteiger partial charge in [-0.2, -0.15) is 0 Å². The minimum absolute atomic E-state index is 0.223. The van der Waals surface area contributed by atoms with E-state index < -0.39 is 5.97 Å². The molecule has 0 spiro atoms. The van der Waals surface area contributed by atoms with Gasteiger partial charge in [-0.1, -0.05) is 11.6 Å². The van der Waals surface area contributed by atoms with Crippen molar-refractivity contribution >= 4 is 52.2 Å². The van der Waals surface area contributed by atoms with Crippen molar-refractivity contribution in [1.82, 2.24) is 5.32 Å². The Morgan fingerprint density at radius 3 is 2.81 bits per heavy atom. The van der Waals surface area contributed by atoms with Crippen molar-refractivity contribution in [3.05, 3.63) is 48.8 Å². The minimum atomic E-state index is -1.00. The van der Waals surface area contributed by atoms with Crippen LogP contribution in [0.2, 0.25) is 5.02 Å². The van der Waals surface area contributed by atoms with E-state index in [2.05, 4.69) is 5.32 Å². The SMILES string of the molecule is Cc1csc(C(=O)NCc2sccc2/C=C/C(=O)O)c1Cl. The molecule has 0 saturated carbocycles. The van der Waals surface area contributed by atoms with Gasteiger partial charge in [0.15, 0.2) is 0 Å². The quantitative estimate of drug-likeness (QED) is 0.813. The first kappa shape index (κ1) is 15.8. The van der Waals surface area contributed by atoms with Gasteiger partial charge in [0, 0.05) is 11.0 Å². The number of carboxylic acids is 1. The summed E-state index contributed by atoms with van der Waals surface area (Å²) < 4.78 is 0. The number of hydrogen-bond acceptors (Lipinski definition) is 4. The highest BCUT2D eigenvalue weighted by atomic mass is 35.5. The summed E-state index contributed by atoms with van der Waals surface area (Å²) in [4.78, 5) is 24.0. The Hall–Kier alpha value is -1.63. The lowest BCUT2D eigenvalue weighted by Gasteiger charge is -2.04. The highest BCUT2D eigenvalue weighted by molar-refractivity contribution is 7.13. The average Bonchev–Trinajstić information content (AvgIpc) is 3.02. The number of rotatable bonds is 5. The molecule has 0 bridgehead atoms. The van der Waals surface area contributed by atoms with Gasteiger partial charge in [-0.15, -0.1) is 22.7 Å². The van der Waals surface area contributed by atoms with Crippen LogP contribution < -0.4 is 5.32 Å². The zero-order chi connectivity index (χ0) is 15.4. The second kappa shape index (κ2) is 6.89. The van der Waals surface area contributed by atoms with E-state index in [1.807, 2.05) is 23.8 Å². The zero-order valence-electron chi connectivity index (χ0n) is 11.1. The summed E-state index contributed by atoms with van der Waals surface area (Å²) >= 11 is 8.82. The lowest BCUT2D eigenvalue weighted by Crippen LogP contribution is -2.21. The number of carbonyl (C=O) groups excluding carboxylic acids is 1. The fourth-order valence-corrected chi connectivity index (χ4v) is 3.63. The molecule has 2 heterocycles. The van der Waals surface area contributed by atoms with E-state index in [0.29, 0.717) is 16.4 Å². The molecule has 1 amide bonds. The summed E-state index contributed by atoms with van der Waals surface area (Å²) in [7, 11) is 0. The summed E-state index contributed by atoms with van der Waals surface area (Å²) in [6.07, 6.45) is 2.59. The highest BCUT2D eigenvalue weighted by Gasteiger charge is 2.14. The molecule has 21 heavy (non-hydrogen) atoms. The smallest absolute Gasteiger partial charge is 0.328 e. The Morgan fingerprint density at radius 2 is 2.19 bits per heavy atom. The second-order valence-electron chi connectivity index (χ2n) is 4.22. The lowest BCUT2D eigenvalue weighted by atomic mass is 10.2. The number of carboxylic acid groups (broad SMARTS) is 1. The van der Waals surface area contributed by atoms with Crippen molar-refractivity contribution < 1.29 is 14.7 Å². The first-order chi connectivity index (χ1) is 9.99. The van der Waals surface area contributed by atoms with E-state index in [4.69, 9.17) is 16.7 Å². The van der Waals surface area contributed by atoms with Crippen molar-refractivity contribution in [2.75, 3.05) is 0 Å². The predicted octanol–water partition coefficient (Wildman–Crippen LogP) is 3.80. The number of amides is 1. The average molecular weight is 342 g/mol. The molecular formula is C14H12ClNO3S2. The number of aryl methyl sites for hydroxylation is 1. The number of thiophene rings is 2. The van der Waals surface area contributed by atoms with Crippen LogP contribution in [0.15, 0.2) is 22.9 Å². The molecule has 110 valence electrons. The van der Waals surface area contributed by atoms with Gasteiger partial charge >= 0.3 is 5.97 Å². The molecular weight excluding hydrogens is 330 g/mol. The van der Waals surface area contributed by atoms with Gasteiger partial charge in [-0.05, 0) is 41.0 Å². The molecule has 7 heteroatoms.